The summed E-state index contributed by atoms with van der Waals surface area (Å²) in [5, 5.41) is 10.3. The van der Waals surface area contributed by atoms with Gasteiger partial charge in [0, 0.05) is 25.0 Å². The summed E-state index contributed by atoms with van der Waals surface area (Å²) in [7, 11) is 0. The van der Waals surface area contributed by atoms with Crippen LogP contribution in [-0.2, 0) is 12.8 Å². The smallest absolute Gasteiger partial charge is 0.126 e. The number of aliphatic hydroxyl groups is 1. The van der Waals surface area contributed by atoms with Gasteiger partial charge in [-0.1, -0.05) is 13.0 Å². The Morgan fingerprint density at radius 2 is 2.11 bits per heavy atom. The molecule has 1 unspecified atom stereocenters. The van der Waals surface area contributed by atoms with Gasteiger partial charge in [-0.25, -0.2) is 4.98 Å². The number of rotatable bonds is 4. The molecule has 3 N–H and O–H groups in total. The third-order valence-electron chi connectivity index (χ3n) is 3.02. The van der Waals surface area contributed by atoms with Crippen LogP contribution < -0.4 is 5.73 Å². The van der Waals surface area contributed by atoms with Crippen molar-refractivity contribution in [1.29, 1.82) is 0 Å². The topological polar surface area (TPSA) is 72.0 Å². The number of anilines is 1. The van der Waals surface area contributed by atoms with Crippen LogP contribution in [0.3, 0.4) is 0 Å². The van der Waals surface area contributed by atoms with Gasteiger partial charge in [0.15, 0.2) is 0 Å². The molecule has 2 aromatic heterocycles. The highest BCUT2D eigenvalue weighted by atomic mass is 16.3. The van der Waals surface area contributed by atoms with Crippen molar-refractivity contribution in [2.45, 2.75) is 25.9 Å². The third-order valence-corrected chi connectivity index (χ3v) is 3.02. The molecule has 0 bridgehead atoms. The Hall–Kier alpha value is -1.94. The molecular formula is C14H17N3O. The second-order valence-electron chi connectivity index (χ2n) is 4.20. The fraction of sp³-hybridized carbons (Fsp3) is 0.286. The summed E-state index contributed by atoms with van der Waals surface area (Å²) in [6.07, 6.45) is 5.89. The summed E-state index contributed by atoms with van der Waals surface area (Å²) in [6, 6.07) is 5.57. The molecule has 0 radical (unpaired) electrons. The van der Waals surface area contributed by atoms with Crippen LogP contribution in [0.5, 0.6) is 0 Å². The molecule has 0 aliphatic rings. The first-order valence-corrected chi connectivity index (χ1v) is 6.02. The average molecular weight is 243 g/mol. The summed E-state index contributed by atoms with van der Waals surface area (Å²) < 4.78 is 0. The number of pyridine rings is 2. The highest BCUT2D eigenvalue weighted by molar-refractivity contribution is 5.40. The second kappa shape index (κ2) is 5.60. The Morgan fingerprint density at radius 1 is 1.28 bits per heavy atom. The molecule has 0 aromatic carbocycles. The molecule has 1 atom stereocenters. The van der Waals surface area contributed by atoms with Crippen molar-refractivity contribution in [3.05, 3.63) is 53.5 Å². The fourth-order valence-electron chi connectivity index (χ4n) is 2.00. The van der Waals surface area contributed by atoms with E-state index in [0.29, 0.717) is 12.2 Å². The van der Waals surface area contributed by atoms with Crippen LogP contribution >= 0.6 is 0 Å². The minimum Gasteiger partial charge on any atom is -0.388 e. The number of nitrogen functional groups attached to an aromatic ring is 1. The Bertz CT molecular complexity index is 528. The van der Waals surface area contributed by atoms with Gasteiger partial charge in [-0.05, 0) is 35.2 Å². The molecule has 0 saturated heterocycles. The molecule has 0 spiro atoms. The molecule has 4 nitrogen and oxygen atoms in total. The normalized spacial score (nSPS) is 12.3. The lowest BCUT2D eigenvalue weighted by atomic mass is 9.98. The Balaban J connectivity index is 2.22. The quantitative estimate of drug-likeness (QED) is 0.860. The van der Waals surface area contributed by atoms with Crippen molar-refractivity contribution in [3.8, 4) is 0 Å². The first-order valence-electron chi connectivity index (χ1n) is 6.02. The molecule has 0 aliphatic heterocycles. The fourth-order valence-corrected chi connectivity index (χ4v) is 2.00. The zero-order valence-corrected chi connectivity index (χ0v) is 10.4. The van der Waals surface area contributed by atoms with E-state index in [1.807, 2.05) is 25.1 Å². The van der Waals surface area contributed by atoms with Gasteiger partial charge in [0.05, 0.1) is 6.10 Å². The zero-order valence-electron chi connectivity index (χ0n) is 10.4. The highest BCUT2D eigenvalue weighted by Gasteiger charge is 2.13. The second-order valence-corrected chi connectivity index (χ2v) is 4.20. The molecule has 0 saturated carbocycles. The molecule has 18 heavy (non-hydrogen) atoms. The summed E-state index contributed by atoms with van der Waals surface area (Å²) in [5.74, 6) is 0.476. The molecule has 2 rings (SSSR count). The van der Waals surface area contributed by atoms with E-state index in [9.17, 15) is 5.11 Å². The maximum atomic E-state index is 10.3. The number of hydrogen-bond acceptors (Lipinski definition) is 4. The maximum Gasteiger partial charge on any atom is 0.126 e. The van der Waals surface area contributed by atoms with Crippen LogP contribution in [0.1, 0.15) is 29.7 Å². The minimum atomic E-state index is -0.575. The monoisotopic (exact) mass is 243 g/mol. The van der Waals surface area contributed by atoms with Crippen LogP contribution in [0.25, 0.3) is 0 Å². The Morgan fingerprint density at radius 3 is 2.83 bits per heavy atom. The molecule has 2 heterocycles. The van der Waals surface area contributed by atoms with Crippen LogP contribution in [0.15, 0.2) is 36.8 Å². The van der Waals surface area contributed by atoms with Crippen LogP contribution in [-0.4, -0.2) is 15.1 Å². The van der Waals surface area contributed by atoms with Gasteiger partial charge in [0.2, 0.25) is 0 Å². The van der Waals surface area contributed by atoms with E-state index in [1.54, 1.807) is 18.6 Å². The molecule has 0 fully saturated rings. The van der Waals surface area contributed by atoms with Gasteiger partial charge < -0.3 is 10.8 Å². The number of aryl methyl sites for hydroxylation is 1. The molecule has 0 amide bonds. The van der Waals surface area contributed by atoms with Gasteiger partial charge in [-0.2, -0.15) is 0 Å². The predicted molar refractivity (Wildman–Crippen MR) is 70.9 cm³/mol. The predicted octanol–water partition coefficient (Wildman–Crippen LogP) is 1.90. The van der Waals surface area contributed by atoms with Crippen molar-refractivity contribution in [2.75, 3.05) is 5.73 Å². The largest absolute Gasteiger partial charge is 0.388 e. The molecule has 0 aliphatic carbocycles. The lowest BCUT2D eigenvalue weighted by Gasteiger charge is -2.15. The molecule has 4 heteroatoms. The standard InChI is InChI=1S/C14H17N3O/c1-2-10-9-16-7-5-12(10)13(18)8-11-4-3-6-17-14(11)15/h3-7,9,13,18H,2,8H2,1H3,(H2,15,17). The van der Waals surface area contributed by atoms with Crippen LogP contribution in [0, 0.1) is 0 Å². The summed E-state index contributed by atoms with van der Waals surface area (Å²) >= 11 is 0. The van der Waals surface area contributed by atoms with Gasteiger partial charge in [0.25, 0.3) is 0 Å². The Kier molecular flexibility index (Phi) is 3.89. The molecule has 94 valence electrons. The van der Waals surface area contributed by atoms with E-state index in [1.165, 1.54) is 0 Å². The van der Waals surface area contributed by atoms with Gasteiger partial charge in [-0.3, -0.25) is 4.98 Å². The van der Waals surface area contributed by atoms with Crippen LogP contribution in [0.4, 0.5) is 5.82 Å². The van der Waals surface area contributed by atoms with Crippen molar-refractivity contribution >= 4 is 5.82 Å². The Labute approximate surface area is 107 Å². The lowest BCUT2D eigenvalue weighted by molar-refractivity contribution is 0.177. The molecular weight excluding hydrogens is 226 g/mol. The number of nitrogens with two attached hydrogens (primary N) is 1. The summed E-state index contributed by atoms with van der Waals surface area (Å²) in [6.45, 7) is 2.05. The maximum absolute atomic E-state index is 10.3. The van der Waals surface area contributed by atoms with E-state index in [0.717, 1.165) is 23.1 Å². The number of hydrogen-bond donors (Lipinski definition) is 2. The summed E-state index contributed by atoms with van der Waals surface area (Å²) in [5.41, 5.74) is 8.62. The van der Waals surface area contributed by atoms with E-state index in [-0.39, 0.29) is 0 Å². The van der Waals surface area contributed by atoms with Gasteiger partial charge in [-0.15, -0.1) is 0 Å². The van der Waals surface area contributed by atoms with Crippen molar-refractivity contribution in [3.63, 3.8) is 0 Å². The highest BCUT2D eigenvalue weighted by Crippen LogP contribution is 2.23. The van der Waals surface area contributed by atoms with E-state index >= 15 is 0 Å². The van der Waals surface area contributed by atoms with Crippen molar-refractivity contribution in [1.82, 2.24) is 9.97 Å². The van der Waals surface area contributed by atoms with Crippen molar-refractivity contribution in [2.24, 2.45) is 0 Å². The third kappa shape index (κ3) is 2.65. The average Bonchev–Trinajstić information content (AvgIpc) is 2.41. The van der Waals surface area contributed by atoms with E-state index in [4.69, 9.17) is 5.73 Å². The van der Waals surface area contributed by atoms with Gasteiger partial charge in [0.1, 0.15) is 5.82 Å². The van der Waals surface area contributed by atoms with E-state index < -0.39 is 6.10 Å². The van der Waals surface area contributed by atoms with Crippen LogP contribution in [0.2, 0.25) is 0 Å². The number of nitrogens with zero attached hydrogens (tertiary/aromatic N) is 2. The zero-order chi connectivity index (χ0) is 13.0. The van der Waals surface area contributed by atoms with Gasteiger partial charge >= 0.3 is 0 Å². The first kappa shape index (κ1) is 12.5. The first-order chi connectivity index (χ1) is 8.72. The molecule has 2 aromatic rings. The van der Waals surface area contributed by atoms with Crippen molar-refractivity contribution < 1.29 is 5.11 Å². The number of aliphatic hydroxyl groups excluding tert-OH is 1. The number of aromatic nitrogens is 2. The summed E-state index contributed by atoms with van der Waals surface area (Å²) in [4.78, 5) is 8.10. The van der Waals surface area contributed by atoms with E-state index in [2.05, 4.69) is 9.97 Å². The lowest BCUT2D eigenvalue weighted by Crippen LogP contribution is -2.07. The minimum absolute atomic E-state index is 0.469. The SMILES string of the molecule is CCc1cnccc1C(O)Cc1cccnc1N.